The molecule has 0 aromatic carbocycles. The first kappa shape index (κ1) is 9.03. The second kappa shape index (κ2) is 3.41. The number of aromatic nitrogens is 4. The van der Waals surface area contributed by atoms with Crippen LogP contribution < -0.4 is 0 Å². The SMILES string of the molecule is Cc1ccc2nc(-c3ccccn3)cn2n1. The first-order valence-corrected chi connectivity index (χ1v) is 5.07. The first-order chi connectivity index (χ1) is 7.83. The Bertz CT molecular complexity index is 628. The van der Waals surface area contributed by atoms with E-state index in [0.29, 0.717) is 0 Å². The molecular formula is C12H10N4. The summed E-state index contributed by atoms with van der Waals surface area (Å²) in [6.07, 6.45) is 3.66. The molecule has 0 aliphatic rings. The monoisotopic (exact) mass is 210 g/mol. The molecule has 4 nitrogen and oxygen atoms in total. The van der Waals surface area contributed by atoms with Gasteiger partial charge in [-0.25, -0.2) is 9.50 Å². The molecule has 3 heterocycles. The van der Waals surface area contributed by atoms with E-state index in [2.05, 4.69) is 15.1 Å². The van der Waals surface area contributed by atoms with Crippen molar-refractivity contribution in [1.29, 1.82) is 0 Å². The topological polar surface area (TPSA) is 43.1 Å². The molecule has 0 saturated carbocycles. The number of pyridine rings is 1. The van der Waals surface area contributed by atoms with Gasteiger partial charge in [-0.2, -0.15) is 5.10 Å². The normalized spacial score (nSPS) is 10.8. The Labute approximate surface area is 92.6 Å². The summed E-state index contributed by atoms with van der Waals surface area (Å²) in [5, 5.41) is 4.35. The molecule has 0 saturated heterocycles. The van der Waals surface area contributed by atoms with Gasteiger partial charge in [0.1, 0.15) is 5.69 Å². The van der Waals surface area contributed by atoms with E-state index in [-0.39, 0.29) is 0 Å². The van der Waals surface area contributed by atoms with Gasteiger partial charge in [0, 0.05) is 6.20 Å². The lowest BCUT2D eigenvalue weighted by molar-refractivity contribution is 0.901. The summed E-state index contributed by atoms with van der Waals surface area (Å²) in [5.41, 5.74) is 3.52. The fourth-order valence-corrected chi connectivity index (χ4v) is 1.62. The summed E-state index contributed by atoms with van der Waals surface area (Å²) in [6, 6.07) is 9.68. The minimum Gasteiger partial charge on any atom is -0.255 e. The summed E-state index contributed by atoms with van der Waals surface area (Å²) in [4.78, 5) is 8.73. The molecule has 3 aromatic rings. The number of hydrogen-bond acceptors (Lipinski definition) is 3. The molecule has 0 bridgehead atoms. The number of nitrogens with zero attached hydrogens (tertiary/aromatic N) is 4. The highest BCUT2D eigenvalue weighted by atomic mass is 15.2. The maximum absolute atomic E-state index is 4.46. The van der Waals surface area contributed by atoms with Crippen LogP contribution in [-0.4, -0.2) is 19.6 Å². The van der Waals surface area contributed by atoms with Crippen LogP contribution in [0.4, 0.5) is 0 Å². The predicted molar refractivity (Wildman–Crippen MR) is 61.0 cm³/mol. The Hall–Kier alpha value is -2.23. The van der Waals surface area contributed by atoms with Crippen LogP contribution in [0.1, 0.15) is 5.69 Å². The van der Waals surface area contributed by atoms with Gasteiger partial charge < -0.3 is 0 Å². The highest BCUT2D eigenvalue weighted by Crippen LogP contribution is 2.15. The molecular weight excluding hydrogens is 200 g/mol. The zero-order valence-corrected chi connectivity index (χ0v) is 8.83. The molecule has 0 spiro atoms. The quantitative estimate of drug-likeness (QED) is 0.617. The number of hydrogen-bond donors (Lipinski definition) is 0. The molecule has 3 aromatic heterocycles. The van der Waals surface area contributed by atoms with E-state index in [1.165, 1.54) is 0 Å². The maximum Gasteiger partial charge on any atom is 0.154 e. The zero-order chi connectivity index (χ0) is 11.0. The van der Waals surface area contributed by atoms with Crippen LogP contribution in [0.3, 0.4) is 0 Å². The standard InChI is InChI=1S/C12H10N4/c1-9-5-6-12-14-11(8-16(12)15-9)10-4-2-3-7-13-10/h2-8H,1H3. The second-order valence-corrected chi connectivity index (χ2v) is 3.62. The summed E-state index contributed by atoms with van der Waals surface area (Å²) >= 11 is 0. The van der Waals surface area contributed by atoms with Crippen molar-refractivity contribution in [2.75, 3.05) is 0 Å². The smallest absolute Gasteiger partial charge is 0.154 e. The number of rotatable bonds is 1. The lowest BCUT2D eigenvalue weighted by Gasteiger charge is -1.92. The lowest BCUT2D eigenvalue weighted by Crippen LogP contribution is -1.91. The Balaban J connectivity index is 2.19. The summed E-state index contributed by atoms with van der Waals surface area (Å²) in [7, 11) is 0. The fourth-order valence-electron chi connectivity index (χ4n) is 1.62. The van der Waals surface area contributed by atoms with Crippen molar-refractivity contribution in [3.63, 3.8) is 0 Å². The molecule has 16 heavy (non-hydrogen) atoms. The average Bonchev–Trinajstić information content (AvgIpc) is 2.73. The van der Waals surface area contributed by atoms with E-state index in [0.717, 1.165) is 22.7 Å². The van der Waals surface area contributed by atoms with Crippen molar-refractivity contribution in [3.8, 4) is 11.4 Å². The molecule has 0 radical (unpaired) electrons. The van der Waals surface area contributed by atoms with Crippen molar-refractivity contribution in [1.82, 2.24) is 19.6 Å². The van der Waals surface area contributed by atoms with E-state index >= 15 is 0 Å². The molecule has 4 heteroatoms. The third-order valence-corrected chi connectivity index (χ3v) is 2.38. The van der Waals surface area contributed by atoms with Crippen molar-refractivity contribution < 1.29 is 0 Å². The van der Waals surface area contributed by atoms with Gasteiger partial charge in [-0.05, 0) is 31.2 Å². The molecule has 0 unspecified atom stereocenters. The van der Waals surface area contributed by atoms with Crippen LogP contribution >= 0.6 is 0 Å². The van der Waals surface area contributed by atoms with Crippen LogP contribution in [0.5, 0.6) is 0 Å². The molecule has 0 amide bonds. The third-order valence-electron chi connectivity index (χ3n) is 2.38. The van der Waals surface area contributed by atoms with Gasteiger partial charge >= 0.3 is 0 Å². The molecule has 78 valence electrons. The second-order valence-electron chi connectivity index (χ2n) is 3.62. The Morgan fingerprint density at radius 3 is 2.81 bits per heavy atom. The van der Waals surface area contributed by atoms with Crippen LogP contribution in [-0.2, 0) is 0 Å². The van der Waals surface area contributed by atoms with Gasteiger partial charge in [0.05, 0.1) is 17.6 Å². The van der Waals surface area contributed by atoms with Gasteiger partial charge in [-0.15, -0.1) is 0 Å². The molecule has 0 aliphatic heterocycles. The molecule has 0 aliphatic carbocycles. The zero-order valence-electron chi connectivity index (χ0n) is 8.83. The highest BCUT2D eigenvalue weighted by Gasteiger charge is 2.05. The van der Waals surface area contributed by atoms with Gasteiger partial charge in [0.25, 0.3) is 0 Å². The van der Waals surface area contributed by atoms with Gasteiger partial charge in [0.15, 0.2) is 5.65 Å². The summed E-state index contributed by atoms with van der Waals surface area (Å²) < 4.78 is 1.78. The van der Waals surface area contributed by atoms with Gasteiger partial charge in [-0.3, -0.25) is 4.98 Å². The van der Waals surface area contributed by atoms with Crippen molar-refractivity contribution >= 4 is 5.65 Å². The van der Waals surface area contributed by atoms with Crippen molar-refractivity contribution in [3.05, 3.63) is 48.4 Å². The summed E-state index contributed by atoms with van der Waals surface area (Å²) in [5.74, 6) is 0. The van der Waals surface area contributed by atoms with Gasteiger partial charge in [-0.1, -0.05) is 6.07 Å². The molecule has 0 atom stereocenters. The average molecular weight is 210 g/mol. The predicted octanol–water partition coefficient (Wildman–Crippen LogP) is 2.10. The minimum atomic E-state index is 0.839. The van der Waals surface area contributed by atoms with Crippen LogP contribution in [0.15, 0.2) is 42.7 Å². The molecule has 0 N–H and O–H groups in total. The summed E-state index contributed by atoms with van der Waals surface area (Å²) in [6.45, 7) is 1.96. The number of imidazole rings is 1. The van der Waals surface area contributed by atoms with Crippen LogP contribution in [0, 0.1) is 6.92 Å². The Kier molecular flexibility index (Phi) is 1.93. The number of aryl methyl sites for hydroxylation is 1. The van der Waals surface area contributed by atoms with E-state index in [1.807, 2.05) is 43.5 Å². The van der Waals surface area contributed by atoms with E-state index in [4.69, 9.17) is 0 Å². The third kappa shape index (κ3) is 1.44. The highest BCUT2D eigenvalue weighted by molar-refractivity contribution is 5.57. The van der Waals surface area contributed by atoms with Gasteiger partial charge in [0.2, 0.25) is 0 Å². The van der Waals surface area contributed by atoms with E-state index in [9.17, 15) is 0 Å². The molecule has 3 rings (SSSR count). The maximum atomic E-state index is 4.46. The molecule has 0 fully saturated rings. The first-order valence-electron chi connectivity index (χ1n) is 5.07. The van der Waals surface area contributed by atoms with Crippen LogP contribution in [0.2, 0.25) is 0 Å². The number of fused-ring (bicyclic) bond motifs is 1. The van der Waals surface area contributed by atoms with E-state index in [1.54, 1.807) is 10.7 Å². The minimum absolute atomic E-state index is 0.839. The fraction of sp³-hybridized carbons (Fsp3) is 0.0833. The lowest BCUT2D eigenvalue weighted by atomic mass is 10.3. The van der Waals surface area contributed by atoms with Crippen molar-refractivity contribution in [2.24, 2.45) is 0 Å². The largest absolute Gasteiger partial charge is 0.255 e. The Morgan fingerprint density at radius 2 is 2.00 bits per heavy atom. The Morgan fingerprint density at radius 1 is 1.06 bits per heavy atom. The van der Waals surface area contributed by atoms with E-state index < -0.39 is 0 Å². The van der Waals surface area contributed by atoms with Crippen LogP contribution in [0.25, 0.3) is 17.0 Å². The van der Waals surface area contributed by atoms with Crippen molar-refractivity contribution in [2.45, 2.75) is 6.92 Å².